The fourth-order valence-corrected chi connectivity index (χ4v) is 2.64. The summed E-state index contributed by atoms with van der Waals surface area (Å²) in [6.45, 7) is 6.76. The first-order valence-corrected chi connectivity index (χ1v) is 8.45. The molecule has 0 N–H and O–H groups in total. The first-order valence-electron chi connectivity index (χ1n) is 3.36. The van der Waals surface area contributed by atoms with E-state index in [1.165, 1.54) is 0 Å². The van der Waals surface area contributed by atoms with Crippen molar-refractivity contribution in [2.24, 2.45) is 0 Å². The Morgan fingerprint density at radius 1 is 1.27 bits per heavy atom. The molecule has 11 heavy (non-hydrogen) atoms. The second-order valence-electron chi connectivity index (χ2n) is 3.48. The maximum Gasteiger partial charge on any atom is 0.182 e. The Balaban J connectivity index is 3.08. The molecule has 1 aromatic rings. The smallest absolute Gasteiger partial charge is 0.182 e. The van der Waals surface area contributed by atoms with Crippen LogP contribution in [0, 0.1) is 0 Å². The average molecular weight is 298 g/mol. The molecule has 0 aliphatic heterocycles. The Bertz CT molecular complexity index is 242. The van der Waals surface area contributed by atoms with Crippen LogP contribution < -0.4 is 5.38 Å². The van der Waals surface area contributed by atoms with E-state index in [1.807, 2.05) is 0 Å². The first kappa shape index (κ1) is 9.54. The highest BCUT2D eigenvalue weighted by Crippen LogP contribution is 2.23. The van der Waals surface area contributed by atoms with Gasteiger partial charge in [0.2, 0.25) is 0 Å². The highest BCUT2D eigenvalue weighted by Gasteiger charge is 2.22. The Morgan fingerprint density at radius 2 is 1.82 bits per heavy atom. The van der Waals surface area contributed by atoms with Gasteiger partial charge in [-0.15, -0.1) is 0 Å². The van der Waals surface area contributed by atoms with Gasteiger partial charge in [0.15, 0.2) is 4.67 Å². The molecule has 0 saturated carbocycles. The van der Waals surface area contributed by atoms with Crippen molar-refractivity contribution >= 4 is 45.3 Å². The van der Waals surface area contributed by atoms with Crippen molar-refractivity contribution in [1.29, 1.82) is 0 Å². The highest BCUT2D eigenvalue weighted by molar-refractivity contribution is 9.13. The number of rotatable bonds is 1. The molecule has 4 heteroatoms. The normalized spacial score (nSPS) is 12.1. The van der Waals surface area contributed by atoms with Crippen molar-refractivity contribution in [1.82, 2.24) is 0 Å². The Labute approximate surface area is 84.4 Å². The van der Waals surface area contributed by atoms with Crippen molar-refractivity contribution in [3.63, 3.8) is 0 Å². The van der Waals surface area contributed by atoms with Crippen molar-refractivity contribution in [2.75, 3.05) is 0 Å². The quantitative estimate of drug-likeness (QED) is 0.725. The third-order valence-corrected chi connectivity index (χ3v) is 4.82. The lowest BCUT2D eigenvalue weighted by molar-refractivity contribution is 0.568. The van der Waals surface area contributed by atoms with Gasteiger partial charge in [0.25, 0.3) is 0 Å². The average Bonchev–Trinajstić information content (AvgIpc) is 2.11. The van der Waals surface area contributed by atoms with Crippen molar-refractivity contribution in [3.8, 4) is 0 Å². The predicted molar refractivity (Wildman–Crippen MR) is 57.1 cm³/mol. The van der Waals surface area contributed by atoms with Crippen LogP contribution in [0.2, 0.25) is 19.6 Å². The molecule has 0 unspecified atom stereocenters. The summed E-state index contributed by atoms with van der Waals surface area (Å²) < 4.78 is 7.32. The van der Waals surface area contributed by atoms with E-state index in [0.717, 1.165) is 14.5 Å². The summed E-state index contributed by atoms with van der Waals surface area (Å²) >= 11 is 6.71. The molecule has 1 rings (SSSR count). The molecule has 0 fully saturated rings. The van der Waals surface area contributed by atoms with Gasteiger partial charge in [-0.05, 0) is 37.9 Å². The molecule has 0 bridgehead atoms. The summed E-state index contributed by atoms with van der Waals surface area (Å²) in [6, 6.07) is 2.05. The van der Waals surface area contributed by atoms with Gasteiger partial charge in [-0.2, -0.15) is 0 Å². The first-order chi connectivity index (χ1) is 4.91. The molecule has 1 aromatic heterocycles. The van der Waals surface area contributed by atoms with Crippen LogP contribution in [0.25, 0.3) is 0 Å². The lowest BCUT2D eigenvalue weighted by Gasteiger charge is -2.10. The second-order valence-corrected chi connectivity index (χ2v) is 10.0. The number of hydrogen-bond acceptors (Lipinski definition) is 1. The van der Waals surface area contributed by atoms with Crippen molar-refractivity contribution in [2.45, 2.75) is 19.6 Å². The summed E-state index contributed by atoms with van der Waals surface area (Å²) in [4.78, 5) is 0. The Kier molecular flexibility index (Phi) is 2.66. The molecule has 0 radical (unpaired) electrons. The largest absolute Gasteiger partial charge is 0.458 e. The summed E-state index contributed by atoms with van der Waals surface area (Å²) in [6.07, 6.45) is 0. The lowest BCUT2D eigenvalue weighted by Crippen LogP contribution is -2.36. The standard InChI is InChI=1S/C7H10Br2OSi/c1-11(2,3)6-4-5(8)7(9)10-6/h4H,1-3H3. The maximum absolute atomic E-state index is 5.51. The van der Waals surface area contributed by atoms with E-state index < -0.39 is 8.07 Å². The van der Waals surface area contributed by atoms with E-state index in [2.05, 4.69) is 57.6 Å². The molecule has 0 spiro atoms. The van der Waals surface area contributed by atoms with Gasteiger partial charge in [0.1, 0.15) is 8.07 Å². The van der Waals surface area contributed by atoms with Gasteiger partial charge in [0, 0.05) is 0 Å². The van der Waals surface area contributed by atoms with Crippen LogP contribution in [0.3, 0.4) is 0 Å². The third kappa shape index (κ3) is 2.20. The maximum atomic E-state index is 5.51. The molecule has 1 heterocycles. The van der Waals surface area contributed by atoms with Crippen molar-refractivity contribution < 1.29 is 4.42 Å². The lowest BCUT2D eigenvalue weighted by atomic mass is 10.7. The molecule has 62 valence electrons. The van der Waals surface area contributed by atoms with Crippen LogP contribution in [0.5, 0.6) is 0 Å². The second kappa shape index (κ2) is 3.07. The molecule has 0 atom stereocenters. The zero-order valence-electron chi connectivity index (χ0n) is 6.74. The summed E-state index contributed by atoms with van der Waals surface area (Å²) in [5, 5.41) is 1.12. The van der Waals surface area contributed by atoms with E-state index in [4.69, 9.17) is 4.42 Å². The monoisotopic (exact) mass is 296 g/mol. The fourth-order valence-electron chi connectivity index (χ4n) is 0.716. The van der Waals surface area contributed by atoms with E-state index in [-0.39, 0.29) is 0 Å². The fraction of sp³-hybridized carbons (Fsp3) is 0.429. The van der Waals surface area contributed by atoms with Gasteiger partial charge in [-0.3, -0.25) is 0 Å². The summed E-state index contributed by atoms with van der Waals surface area (Å²) in [5.41, 5.74) is 0. The Morgan fingerprint density at radius 3 is 2.00 bits per heavy atom. The van der Waals surface area contributed by atoms with Crippen LogP contribution in [-0.2, 0) is 0 Å². The third-order valence-electron chi connectivity index (χ3n) is 1.38. The molecular formula is C7H10Br2OSi. The highest BCUT2D eigenvalue weighted by atomic mass is 79.9. The van der Waals surface area contributed by atoms with Gasteiger partial charge in [-0.1, -0.05) is 19.6 Å². The Hall–Kier alpha value is 0.457. The zero-order chi connectivity index (χ0) is 8.65. The minimum atomic E-state index is -1.27. The predicted octanol–water partition coefficient (Wildman–Crippen LogP) is 3.35. The molecule has 1 nitrogen and oxygen atoms in total. The number of furan rings is 1. The number of hydrogen-bond donors (Lipinski definition) is 0. The van der Waals surface area contributed by atoms with Gasteiger partial charge in [-0.25, -0.2) is 0 Å². The summed E-state index contributed by atoms with van der Waals surface area (Å²) in [5.74, 6) is 0. The van der Waals surface area contributed by atoms with Crippen LogP contribution in [0.15, 0.2) is 19.6 Å². The topological polar surface area (TPSA) is 13.1 Å². The minimum absolute atomic E-state index is 0.801. The SMILES string of the molecule is C[Si](C)(C)c1cc(Br)c(Br)o1. The molecule has 0 amide bonds. The zero-order valence-corrected chi connectivity index (χ0v) is 10.9. The van der Waals surface area contributed by atoms with Crippen LogP contribution in [0.4, 0.5) is 0 Å². The van der Waals surface area contributed by atoms with Gasteiger partial charge >= 0.3 is 0 Å². The van der Waals surface area contributed by atoms with Crippen LogP contribution in [0.1, 0.15) is 0 Å². The molecule has 0 aromatic carbocycles. The minimum Gasteiger partial charge on any atom is -0.458 e. The van der Waals surface area contributed by atoms with Crippen LogP contribution >= 0.6 is 31.9 Å². The van der Waals surface area contributed by atoms with E-state index >= 15 is 0 Å². The van der Waals surface area contributed by atoms with Crippen molar-refractivity contribution in [3.05, 3.63) is 15.2 Å². The van der Waals surface area contributed by atoms with E-state index in [1.54, 1.807) is 0 Å². The summed E-state index contributed by atoms with van der Waals surface area (Å²) in [7, 11) is -1.27. The van der Waals surface area contributed by atoms with Gasteiger partial charge < -0.3 is 4.42 Å². The molecule has 0 aliphatic rings. The molecule has 0 saturated heterocycles. The van der Waals surface area contributed by atoms with E-state index in [0.29, 0.717) is 0 Å². The van der Waals surface area contributed by atoms with Crippen LogP contribution in [-0.4, -0.2) is 8.07 Å². The van der Waals surface area contributed by atoms with E-state index in [9.17, 15) is 0 Å². The molecular weight excluding hydrogens is 288 g/mol. The number of halogens is 2. The van der Waals surface area contributed by atoms with Gasteiger partial charge in [0.05, 0.1) is 9.86 Å². The molecule has 0 aliphatic carbocycles.